The molecule has 2 unspecified atom stereocenters. The van der Waals surface area contributed by atoms with Crippen molar-refractivity contribution < 1.29 is 8.42 Å². The summed E-state index contributed by atoms with van der Waals surface area (Å²) in [5, 5.41) is 22.6. The van der Waals surface area contributed by atoms with E-state index in [9.17, 15) is 18.5 Å². The van der Waals surface area contributed by atoms with Gasteiger partial charge in [-0.3, -0.25) is 9.48 Å². The maximum absolute atomic E-state index is 12.4. The number of hydrogen-bond donors (Lipinski definition) is 3. The van der Waals surface area contributed by atoms with Crippen LogP contribution in [0.1, 0.15) is 25.3 Å². The molecular formula is C18H18N6O3S. The third kappa shape index (κ3) is 3.15. The van der Waals surface area contributed by atoms with Gasteiger partial charge in [-0.1, -0.05) is 0 Å². The quantitative estimate of drug-likeness (QED) is 0.612. The number of aromatic nitrogens is 3. The number of aromatic amines is 1. The van der Waals surface area contributed by atoms with Crippen molar-refractivity contribution in [2.45, 2.75) is 30.2 Å². The fraction of sp³-hybridized carbons (Fsp3) is 0.278. The number of nitrogens with two attached hydrogens (primary N) is 1. The van der Waals surface area contributed by atoms with Gasteiger partial charge in [-0.15, -0.1) is 0 Å². The Balaban J connectivity index is 1.77. The molecule has 1 aliphatic carbocycles. The Morgan fingerprint density at radius 1 is 1.25 bits per heavy atom. The van der Waals surface area contributed by atoms with Crippen LogP contribution < -0.4 is 16.0 Å². The largest absolute Gasteiger partial charge is 0.338 e. The Bertz CT molecular complexity index is 1240. The molecule has 0 amide bonds. The number of benzene rings is 1. The first-order valence-corrected chi connectivity index (χ1v) is 10.3. The van der Waals surface area contributed by atoms with E-state index in [-0.39, 0.29) is 22.4 Å². The first-order valence-electron chi connectivity index (χ1n) is 8.78. The van der Waals surface area contributed by atoms with Crippen molar-refractivity contribution in [2.24, 2.45) is 11.1 Å². The van der Waals surface area contributed by atoms with E-state index in [0.29, 0.717) is 22.4 Å². The van der Waals surface area contributed by atoms with Gasteiger partial charge in [-0.05, 0) is 49.6 Å². The van der Waals surface area contributed by atoms with Crippen LogP contribution in [-0.4, -0.2) is 23.2 Å². The average Bonchev–Trinajstić information content (AvgIpc) is 3.26. The van der Waals surface area contributed by atoms with Crippen molar-refractivity contribution in [2.75, 3.05) is 5.32 Å². The summed E-state index contributed by atoms with van der Waals surface area (Å²) < 4.78 is 24.6. The van der Waals surface area contributed by atoms with Crippen LogP contribution in [0, 0.1) is 17.2 Å². The molecule has 4 rings (SSSR count). The minimum absolute atomic E-state index is 0.00546. The Labute approximate surface area is 160 Å². The summed E-state index contributed by atoms with van der Waals surface area (Å²) in [5.41, 5.74) is 0.920. The standard InChI is InChI=1S/C18H18N6O3S/c19-10-11-2-1-3-14(11)24-15-8-9-21-18(25)16(15)17(23-24)22-12-4-6-13(7-5-12)28(20,26)27/h4-9,11,14H,1-3H2,(H,21,25)(H,22,23)(H2,20,26,27). The Hall–Kier alpha value is -3.16. The van der Waals surface area contributed by atoms with Crippen LogP contribution in [0.5, 0.6) is 0 Å². The number of fused-ring (bicyclic) bond motifs is 1. The fourth-order valence-corrected chi connectivity index (χ4v) is 4.20. The molecule has 9 nitrogen and oxygen atoms in total. The summed E-state index contributed by atoms with van der Waals surface area (Å²) in [7, 11) is -3.78. The lowest BCUT2D eigenvalue weighted by Crippen LogP contribution is -2.14. The molecule has 0 bridgehead atoms. The monoisotopic (exact) mass is 398 g/mol. The van der Waals surface area contributed by atoms with Gasteiger partial charge in [0.2, 0.25) is 10.0 Å². The van der Waals surface area contributed by atoms with Crippen molar-refractivity contribution in [3.63, 3.8) is 0 Å². The number of anilines is 2. The molecule has 0 radical (unpaired) electrons. The lowest BCUT2D eigenvalue weighted by atomic mass is 10.1. The van der Waals surface area contributed by atoms with Gasteiger partial charge >= 0.3 is 0 Å². The van der Waals surface area contributed by atoms with E-state index < -0.39 is 10.0 Å². The van der Waals surface area contributed by atoms with Gasteiger partial charge in [0.05, 0.1) is 28.4 Å². The highest BCUT2D eigenvalue weighted by Gasteiger charge is 2.31. The summed E-state index contributed by atoms with van der Waals surface area (Å²) in [6.07, 6.45) is 4.13. The highest BCUT2D eigenvalue weighted by atomic mass is 32.2. The van der Waals surface area contributed by atoms with E-state index in [1.807, 2.05) is 0 Å². The minimum atomic E-state index is -3.78. The molecule has 0 saturated heterocycles. The summed E-state index contributed by atoms with van der Waals surface area (Å²) in [5.74, 6) is 0.202. The molecule has 28 heavy (non-hydrogen) atoms. The van der Waals surface area contributed by atoms with E-state index in [1.165, 1.54) is 12.1 Å². The van der Waals surface area contributed by atoms with E-state index in [2.05, 4.69) is 21.5 Å². The summed E-state index contributed by atoms with van der Waals surface area (Å²) in [4.78, 5) is 15.1. The van der Waals surface area contributed by atoms with E-state index in [1.54, 1.807) is 29.1 Å². The maximum Gasteiger partial charge on any atom is 0.261 e. The second-order valence-corrected chi connectivity index (χ2v) is 8.35. The average molecular weight is 398 g/mol. The summed E-state index contributed by atoms with van der Waals surface area (Å²) >= 11 is 0. The fourth-order valence-electron chi connectivity index (χ4n) is 3.69. The molecule has 3 aromatic rings. The van der Waals surface area contributed by atoms with Crippen LogP contribution in [0.25, 0.3) is 10.9 Å². The van der Waals surface area contributed by atoms with E-state index >= 15 is 0 Å². The van der Waals surface area contributed by atoms with Crippen LogP contribution >= 0.6 is 0 Å². The van der Waals surface area contributed by atoms with Crippen LogP contribution in [0.4, 0.5) is 11.5 Å². The Morgan fingerprint density at radius 3 is 2.68 bits per heavy atom. The topological polar surface area (TPSA) is 147 Å². The van der Waals surface area contributed by atoms with Crippen LogP contribution in [0.2, 0.25) is 0 Å². The van der Waals surface area contributed by atoms with E-state index in [0.717, 1.165) is 19.3 Å². The zero-order chi connectivity index (χ0) is 19.9. The zero-order valence-electron chi connectivity index (χ0n) is 14.8. The van der Waals surface area contributed by atoms with Gasteiger partial charge in [-0.25, -0.2) is 13.6 Å². The van der Waals surface area contributed by atoms with E-state index in [4.69, 9.17) is 5.14 Å². The highest BCUT2D eigenvalue weighted by Crippen LogP contribution is 2.38. The molecule has 1 saturated carbocycles. The van der Waals surface area contributed by atoms with Crippen LogP contribution in [0.3, 0.4) is 0 Å². The second-order valence-electron chi connectivity index (χ2n) is 6.79. The Kier molecular flexibility index (Phi) is 4.41. The molecule has 2 atom stereocenters. The second kappa shape index (κ2) is 6.78. The van der Waals surface area contributed by atoms with Gasteiger partial charge in [0.1, 0.15) is 5.39 Å². The molecule has 2 heterocycles. The molecule has 144 valence electrons. The van der Waals surface area contributed by atoms with Gasteiger partial charge in [0.25, 0.3) is 5.56 Å². The Morgan fingerprint density at radius 2 is 2.00 bits per heavy atom. The summed E-state index contributed by atoms with van der Waals surface area (Å²) in [6, 6.07) is 9.88. The lowest BCUT2D eigenvalue weighted by Gasteiger charge is -2.15. The van der Waals surface area contributed by atoms with Crippen molar-refractivity contribution in [3.05, 3.63) is 46.9 Å². The SMILES string of the molecule is N#CC1CCCC1n1nc(Nc2ccc(S(N)(=O)=O)cc2)c2c(=O)[nH]ccc21. The number of hydrogen-bond acceptors (Lipinski definition) is 6. The van der Waals surface area contributed by atoms with Gasteiger partial charge < -0.3 is 10.3 Å². The molecule has 4 N–H and O–H groups in total. The molecule has 1 fully saturated rings. The normalized spacial score (nSPS) is 19.6. The number of sulfonamides is 1. The zero-order valence-corrected chi connectivity index (χ0v) is 15.6. The van der Waals surface area contributed by atoms with Crippen LogP contribution in [-0.2, 0) is 10.0 Å². The third-order valence-corrected chi connectivity index (χ3v) is 5.96. The van der Waals surface area contributed by atoms with Crippen LogP contribution in [0.15, 0.2) is 46.2 Å². The molecule has 1 aliphatic rings. The van der Waals surface area contributed by atoms with Gasteiger partial charge in [0.15, 0.2) is 5.82 Å². The smallest absolute Gasteiger partial charge is 0.261 e. The molecular weight excluding hydrogens is 380 g/mol. The maximum atomic E-state index is 12.4. The molecule has 10 heteroatoms. The first kappa shape index (κ1) is 18.2. The van der Waals surface area contributed by atoms with Gasteiger partial charge in [-0.2, -0.15) is 10.4 Å². The molecule has 0 spiro atoms. The number of pyridine rings is 1. The number of nitrogens with zero attached hydrogens (tertiary/aromatic N) is 3. The molecule has 1 aromatic carbocycles. The highest BCUT2D eigenvalue weighted by molar-refractivity contribution is 7.89. The van der Waals surface area contributed by atoms with Crippen molar-refractivity contribution in [1.82, 2.24) is 14.8 Å². The van der Waals surface area contributed by atoms with Crippen molar-refractivity contribution >= 4 is 32.4 Å². The van der Waals surface area contributed by atoms with Crippen molar-refractivity contribution in [1.29, 1.82) is 5.26 Å². The number of nitriles is 1. The molecule has 2 aromatic heterocycles. The predicted molar refractivity (Wildman–Crippen MR) is 103 cm³/mol. The molecule has 0 aliphatic heterocycles. The minimum Gasteiger partial charge on any atom is -0.338 e. The predicted octanol–water partition coefficient (Wildman–Crippen LogP) is 1.98. The third-order valence-electron chi connectivity index (χ3n) is 5.04. The lowest BCUT2D eigenvalue weighted by molar-refractivity contribution is 0.423. The number of H-pyrrole nitrogens is 1. The number of nitrogens with one attached hydrogen (secondary N) is 2. The summed E-state index contributed by atoms with van der Waals surface area (Å²) in [6.45, 7) is 0. The van der Waals surface area contributed by atoms with Crippen molar-refractivity contribution in [3.8, 4) is 6.07 Å². The number of primary sulfonamides is 1. The first-order chi connectivity index (χ1) is 13.4. The van der Waals surface area contributed by atoms with Gasteiger partial charge in [0, 0.05) is 11.9 Å². The number of rotatable bonds is 4.